The predicted octanol–water partition coefficient (Wildman–Crippen LogP) is 1.75. The first-order valence-corrected chi connectivity index (χ1v) is 6.62. The Balaban J connectivity index is 2.08. The lowest BCUT2D eigenvalue weighted by molar-refractivity contribution is 0.581. The van der Waals surface area contributed by atoms with Gasteiger partial charge in [-0.15, -0.1) is 0 Å². The van der Waals surface area contributed by atoms with Crippen molar-refractivity contribution < 1.29 is 0 Å². The van der Waals surface area contributed by atoms with Gasteiger partial charge < -0.3 is 10.6 Å². The van der Waals surface area contributed by atoms with E-state index in [2.05, 4.69) is 27.9 Å². The molecule has 1 aromatic heterocycles. The molecule has 1 aromatic rings. The summed E-state index contributed by atoms with van der Waals surface area (Å²) in [5.74, 6) is 1.09. The molecule has 4 nitrogen and oxygen atoms in total. The van der Waals surface area contributed by atoms with Gasteiger partial charge in [-0.05, 0) is 38.6 Å². The highest BCUT2D eigenvalue weighted by Gasteiger charge is 2.25. The van der Waals surface area contributed by atoms with Crippen LogP contribution in [-0.2, 0) is 6.42 Å². The fourth-order valence-electron chi connectivity index (χ4n) is 2.53. The minimum atomic E-state index is 0.623. The summed E-state index contributed by atoms with van der Waals surface area (Å²) in [7, 11) is 0. The highest BCUT2D eigenvalue weighted by atomic mass is 15.2. The van der Waals surface area contributed by atoms with Crippen LogP contribution in [0, 0.1) is 0 Å². The van der Waals surface area contributed by atoms with Gasteiger partial charge in [-0.25, -0.2) is 9.97 Å². The van der Waals surface area contributed by atoms with Gasteiger partial charge in [0.15, 0.2) is 0 Å². The maximum absolute atomic E-state index is 5.59. The van der Waals surface area contributed by atoms with Gasteiger partial charge in [-0.3, -0.25) is 0 Å². The number of nitrogens with zero attached hydrogens (tertiary/aromatic N) is 3. The van der Waals surface area contributed by atoms with Crippen molar-refractivity contribution in [3.05, 3.63) is 18.1 Å². The van der Waals surface area contributed by atoms with Gasteiger partial charge in [0.05, 0.1) is 0 Å². The van der Waals surface area contributed by atoms with Crippen molar-refractivity contribution in [1.29, 1.82) is 0 Å². The second-order valence-corrected chi connectivity index (χ2v) is 4.64. The van der Waals surface area contributed by atoms with Crippen LogP contribution in [-0.4, -0.2) is 29.1 Å². The van der Waals surface area contributed by atoms with E-state index in [0.29, 0.717) is 6.04 Å². The maximum Gasteiger partial charge on any atom is 0.132 e. The highest BCUT2D eigenvalue weighted by molar-refractivity contribution is 5.41. The minimum Gasteiger partial charge on any atom is -0.354 e. The van der Waals surface area contributed by atoms with E-state index in [1.807, 2.05) is 0 Å². The molecule has 1 saturated heterocycles. The van der Waals surface area contributed by atoms with Gasteiger partial charge in [0.1, 0.15) is 12.1 Å². The average Bonchev–Trinajstić information content (AvgIpc) is 2.84. The molecule has 94 valence electrons. The highest BCUT2D eigenvalue weighted by Crippen LogP contribution is 2.26. The second-order valence-electron chi connectivity index (χ2n) is 4.64. The normalized spacial score (nSPS) is 19.9. The van der Waals surface area contributed by atoms with Gasteiger partial charge >= 0.3 is 0 Å². The van der Waals surface area contributed by atoms with Crippen molar-refractivity contribution in [3.8, 4) is 0 Å². The smallest absolute Gasteiger partial charge is 0.132 e. The molecule has 1 unspecified atom stereocenters. The largest absolute Gasteiger partial charge is 0.354 e. The zero-order chi connectivity index (χ0) is 12.1. The molecule has 0 bridgehead atoms. The third-order valence-corrected chi connectivity index (χ3v) is 3.48. The molecule has 17 heavy (non-hydrogen) atoms. The number of aromatic nitrogens is 2. The van der Waals surface area contributed by atoms with E-state index in [1.165, 1.54) is 19.3 Å². The van der Waals surface area contributed by atoms with Crippen LogP contribution in [0.25, 0.3) is 0 Å². The van der Waals surface area contributed by atoms with Crippen LogP contribution >= 0.6 is 0 Å². The molecular weight excluding hydrogens is 212 g/mol. The SMILES string of the molecule is CCc1cc(N2CCCC2CCCN)ncn1. The Morgan fingerprint density at radius 2 is 2.35 bits per heavy atom. The van der Waals surface area contributed by atoms with Crippen molar-refractivity contribution in [3.63, 3.8) is 0 Å². The summed E-state index contributed by atoms with van der Waals surface area (Å²) in [6.45, 7) is 4.03. The van der Waals surface area contributed by atoms with Gasteiger partial charge in [-0.2, -0.15) is 0 Å². The van der Waals surface area contributed by atoms with Crippen LogP contribution in [0.2, 0.25) is 0 Å². The fraction of sp³-hybridized carbons (Fsp3) is 0.692. The van der Waals surface area contributed by atoms with E-state index >= 15 is 0 Å². The van der Waals surface area contributed by atoms with Crippen LogP contribution < -0.4 is 10.6 Å². The number of rotatable bonds is 5. The van der Waals surface area contributed by atoms with Crippen molar-refractivity contribution >= 4 is 5.82 Å². The van der Waals surface area contributed by atoms with E-state index in [0.717, 1.165) is 37.4 Å². The standard InChI is InChI=1S/C13H22N4/c1-2-11-9-13(16-10-15-11)17-8-4-6-12(17)5-3-7-14/h9-10,12H,2-8,14H2,1H3. The lowest BCUT2D eigenvalue weighted by Gasteiger charge is -2.25. The first kappa shape index (κ1) is 12.3. The Labute approximate surface area is 103 Å². The number of aryl methyl sites for hydroxylation is 1. The van der Waals surface area contributed by atoms with Crippen LogP contribution in [0.4, 0.5) is 5.82 Å². The molecule has 0 saturated carbocycles. The summed E-state index contributed by atoms with van der Waals surface area (Å²) in [4.78, 5) is 11.1. The van der Waals surface area contributed by atoms with Crippen LogP contribution in [0.15, 0.2) is 12.4 Å². The molecule has 2 N–H and O–H groups in total. The summed E-state index contributed by atoms with van der Waals surface area (Å²) in [6.07, 6.45) is 7.48. The summed E-state index contributed by atoms with van der Waals surface area (Å²) < 4.78 is 0. The van der Waals surface area contributed by atoms with Crippen molar-refractivity contribution in [2.45, 2.75) is 45.1 Å². The number of anilines is 1. The molecule has 1 aliphatic heterocycles. The third-order valence-electron chi connectivity index (χ3n) is 3.48. The van der Waals surface area contributed by atoms with Gasteiger partial charge in [0.25, 0.3) is 0 Å². The average molecular weight is 234 g/mol. The van der Waals surface area contributed by atoms with E-state index in [4.69, 9.17) is 5.73 Å². The molecule has 4 heteroatoms. The summed E-state index contributed by atoms with van der Waals surface area (Å²) in [6, 6.07) is 2.75. The van der Waals surface area contributed by atoms with E-state index < -0.39 is 0 Å². The number of hydrogen-bond donors (Lipinski definition) is 1. The van der Waals surface area contributed by atoms with Crippen molar-refractivity contribution in [1.82, 2.24) is 9.97 Å². The molecule has 0 radical (unpaired) electrons. The molecular formula is C13H22N4. The molecule has 2 heterocycles. The van der Waals surface area contributed by atoms with E-state index in [9.17, 15) is 0 Å². The first-order valence-electron chi connectivity index (χ1n) is 6.62. The van der Waals surface area contributed by atoms with Gasteiger partial charge in [0, 0.05) is 24.3 Å². The Morgan fingerprint density at radius 1 is 1.47 bits per heavy atom. The first-order chi connectivity index (χ1) is 8.35. The quantitative estimate of drug-likeness (QED) is 0.843. The molecule has 0 spiro atoms. The summed E-state index contributed by atoms with van der Waals surface area (Å²) in [5, 5.41) is 0. The Bertz CT molecular complexity index is 353. The van der Waals surface area contributed by atoms with Crippen LogP contribution in [0.1, 0.15) is 38.3 Å². The molecule has 1 atom stereocenters. The number of hydrogen-bond acceptors (Lipinski definition) is 4. The molecule has 2 rings (SSSR count). The molecule has 0 aliphatic carbocycles. The number of nitrogens with two attached hydrogens (primary N) is 1. The Morgan fingerprint density at radius 3 is 3.12 bits per heavy atom. The zero-order valence-electron chi connectivity index (χ0n) is 10.6. The third kappa shape index (κ3) is 2.94. The summed E-state index contributed by atoms with van der Waals surface area (Å²) in [5.41, 5.74) is 6.72. The lowest BCUT2D eigenvalue weighted by atomic mass is 10.1. The minimum absolute atomic E-state index is 0.623. The molecule has 1 fully saturated rings. The zero-order valence-corrected chi connectivity index (χ0v) is 10.6. The Kier molecular flexibility index (Phi) is 4.31. The molecule has 0 amide bonds. The fourth-order valence-corrected chi connectivity index (χ4v) is 2.53. The van der Waals surface area contributed by atoms with Gasteiger partial charge in [-0.1, -0.05) is 6.92 Å². The molecule has 1 aliphatic rings. The lowest BCUT2D eigenvalue weighted by Crippen LogP contribution is -2.30. The van der Waals surface area contributed by atoms with E-state index in [-0.39, 0.29) is 0 Å². The monoisotopic (exact) mass is 234 g/mol. The van der Waals surface area contributed by atoms with Crippen molar-refractivity contribution in [2.75, 3.05) is 18.0 Å². The van der Waals surface area contributed by atoms with Crippen LogP contribution in [0.3, 0.4) is 0 Å². The second kappa shape index (κ2) is 5.96. The van der Waals surface area contributed by atoms with Crippen molar-refractivity contribution in [2.24, 2.45) is 5.73 Å². The Hall–Kier alpha value is -1.16. The van der Waals surface area contributed by atoms with Crippen LogP contribution in [0.5, 0.6) is 0 Å². The summed E-state index contributed by atoms with van der Waals surface area (Å²) >= 11 is 0. The predicted molar refractivity (Wildman–Crippen MR) is 70.1 cm³/mol. The topological polar surface area (TPSA) is 55.0 Å². The molecule has 0 aromatic carbocycles. The van der Waals surface area contributed by atoms with Gasteiger partial charge in [0.2, 0.25) is 0 Å². The van der Waals surface area contributed by atoms with E-state index in [1.54, 1.807) is 6.33 Å². The maximum atomic E-state index is 5.59.